The smallest absolute Gasteiger partial charge is 0.257 e. The van der Waals surface area contributed by atoms with E-state index in [1.165, 1.54) is 23.5 Å². The number of hydrogen-bond acceptors (Lipinski definition) is 5. The van der Waals surface area contributed by atoms with Gasteiger partial charge in [-0.05, 0) is 42.5 Å². The highest BCUT2D eigenvalue weighted by molar-refractivity contribution is 7.22. The second kappa shape index (κ2) is 4.82. The van der Waals surface area contributed by atoms with Gasteiger partial charge in [0.2, 0.25) is 0 Å². The van der Waals surface area contributed by atoms with Crippen LogP contribution in [0.4, 0.5) is 10.8 Å². The van der Waals surface area contributed by atoms with E-state index in [1.807, 2.05) is 12.1 Å². The van der Waals surface area contributed by atoms with Crippen LogP contribution in [0.3, 0.4) is 0 Å². The predicted octanol–water partition coefficient (Wildman–Crippen LogP) is 2.84. The molecule has 0 aliphatic carbocycles. The molecule has 1 heterocycles. The van der Waals surface area contributed by atoms with Crippen molar-refractivity contribution in [3.63, 3.8) is 0 Å². The van der Waals surface area contributed by atoms with Crippen LogP contribution >= 0.6 is 11.3 Å². The third-order valence-corrected chi connectivity index (χ3v) is 3.70. The molecule has 0 saturated carbocycles. The van der Waals surface area contributed by atoms with E-state index in [9.17, 15) is 9.90 Å². The Kier molecular flexibility index (Phi) is 3.00. The molecule has 100 valence electrons. The van der Waals surface area contributed by atoms with E-state index < -0.39 is 0 Å². The minimum atomic E-state index is -0.267. The Morgan fingerprint density at radius 2 is 1.95 bits per heavy atom. The van der Waals surface area contributed by atoms with E-state index in [0.29, 0.717) is 16.4 Å². The monoisotopic (exact) mass is 285 g/mol. The topological polar surface area (TPSA) is 88.2 Å². The number of hydrogen-bond donors (Lipinski definition) is 3. The van der Waals surface area contributed by atoms with Gasteiger partial charge in [0.15, 0.2) is 5.13 Å². The fourth-order valence-electron chi connectivity index (χ4n) is 1.78. The number of thiazole rings is 1. The number of aromatic hydroxyl groups is 1. The first-order chi connectivity index (χ1) is 9.61. The van der Waals surface area contributed by atoms with Crippen molar-refractivity contribution in [1.82, 2.24) is 4.98 Å². The molecule has 0 saturated heterocycles. The highest BCUT2D eigenvalue weighted by Gasteiger charge is 2.10. The third kappa shape index (κ3) is 2.41. The van der Waals surface area contributed by atoms with E-state index >= 15 is 0 Å². The van der Waals surface area contributed by atoms with Gasteiger partial charge in [-0.15, -0.1) is 0 Å². The molecule has 0 aliphatic heterocycles. The summed E-state index contributed by atoms with van der Waals surface area (Å²) >= 11 is 1.37. The largest absolute Gasteiger partial charge is 0.508 e. The first-order valence-electron chi connectivity index (χ1n) is 5.88. The Labute approximate surface area is 118 Å². The van der Waals surface area contributed by atoms with Crippen molar-refractivity contribution < 1.29 is 9.90 Å². The average molecular weight is 285 g/mol. The van der Waals surface area contributed by atoms with Gasteiger partial charge in [-0.25, -0.2) is 4.98 Å². The first-order valence-corrected chi connectivity index (χ1v) is 6.70. The summed E-state index contributed by atoms with van der Waals surface area (Å²) in [5.74, 6) is -0.144. The Hall–Kier alpha value is -2.60. The van der Waals surface area contributed by atoms with Crippen LogP contribution < -0.4 is 11.1 Å². The molecule has 3 aromatic rings. The number of anilines is 2. The summed E-state index contributed by atoms with van der Waals surface area (Å²) in [7, 11) is 0. The van der Waals surface area contributed by atoms with E-state index in [2.05, 4.69) is 10.3 Å². The second-order valence-corrected chi connectivity index (χ2v) is 5.28. The number of nitrogens with zero attached hydrogens (tertiary/aromatic N) is 1. The van der Waals surface area contributed by atoms with Crippen molar-refractivity contribution in [3.05, 3.63) is 48.0 Å². The van der Waals surface area contributed by atoms with Crippen LogP contribution in [0.15, 0.2) is 42.5 Å². The maximum atomic E-state index is 12.0. The molecule has 3 rings (SSSR count). The van der Waals surface area contributed by atoms with Crippen molar-refractivity contribution in [2.45, 2.75) is 0 Å². The van der Waals surface area contributed by atoms with Crippen LogP contribution in [0.5, 0.6) is 5.75 Å². The molecule has 1 aromatic heterocycles. The van der Waals surface area contributed by atoms with Crippen LogP contribution in [0.2, 0.25) is 0 Å². The summed E-state index contributed by atoms with van der Waals surface area (Å²) in [5, 5.41) is 12.4. The molecule has 4 N–H and O–H groups in total. The molecule has 2 aromatic carbocycles. The van der Waals surface area contributed by atoms with Gasteiger partial charge < -0.3 is 10.8 Å². The maximum absolute atomic E-state index is 12.0. The molecule has 0 bridgehead atoms. The molecular weight excluding hydrogens is 274 g/mol. The summed E-state index contributed by atoms with van der Waals surface area (Å²) in [5.41, 5.74) is 7.63. The van der Waals surface area contributed by atoms with Crippen LogP contribution in [-0.2, 0) is 0 Å². The van der Waals surface area contributed by atoms with Crippen molar-refractivity contribution in [1.29, 1.82) is 0 Å². The van der Waals surface area contributed by atoms with Crippen LogP contribution in [0.25, 0.3) is 10.2 Å². The highest BCUT2D eigenvalue weighted by atomic mass is 32.1. The Morgan fingerprint density at radius 1 is 1.20 bits per heavy atom. The van der Waals surface area contributed by atoms with Gasteiger partial charge in [0.05, 0.1) is 10.2 Å². The fraction of sp³-hybridized carbons (Fsp3) is 0. The lowest BCUT2D eigenvalue weighted by Crippen LogP contribution is -2.11. The number of phenolic OH excluding ortho intramolecular Hbond substituents is 1. The van der Waals surface area contributed by atoms with Gasteiger partial charge in [-0.2, -0.15) is 0 Å². The maximum Gasteiger partial charge on any atom is 0.257 e. The normalized spacial score (nSPS) is 10.6. The van der Waals surface area contributed by atoms with Crippen LogP contribution in [-0.4, -0.2) is 16.0 Å². The van der Waals surface area contributed by atoms with Gasteiger partial charge in [0.1, 0.15) is 5.75 Å². The first kappa shape index (κ1) is 12.4. The summed E-state index contributed by atoms with van der Waals surface area (Å²) in [6, 6.07) is 11.4. The standard InChI is InChI=1S/C14H11N3O2S/c15-9-3-6-11-12(7-9)20-14(16-11)17-13(19)8-1-4-10(18)5-2-8/h1-7,18H,15H2,(H,16,17,19). The molecule has 6 heteroatoms. The van der Waals surface area contributed by atoms with E-state index in [0.717, 1.165) is 10.2 Å². The molecule has 1 amide bonds. The molecule has 0 unspecified atom stereocenters. The number of rotatable bonds is 2. The zero-order valence-corrected chi connectivity index (χ0v) is 11.1. The van der Waals surface area contributed by atoms with E-state index in [-0.39, 0.29) is 11.7 Å². The predicted molar refractivity (Wildman–Crippen MR) is 80.1 cm³/mol. The van der Waals surface area contributed by atoms with E-state index in [4.69, 9.17) is 5.73 Å². The Balaban J connectivity index is 1.85. The fourth-order valence-corrected chi connectivity index (χ4v) is 2.69. The lowest BCUT2D eigenvalue weighted by Gasteiger charge is -2.01. The molecule has 0 radical (unpaired) electrons. The number of nitrogen functional groups attached to an aromatic ring is 1. The summed E-state index contributed by atoms with van der Waals surface area (Å²) < 4.78 is 0.922. The van der Waals surface area contributed by atoms with Gasteiger partial charge in [0.25, 0.3) is 5.91 Å². The van der Waals surface area contributed by atoms with E-state index in [1.54, 1.807) is 18.2 Å². The molecular formula is C14H11N3O2S. The number of carbonyl (C=O) groups excluding carboxylic acids is 1. The number of benzene rings is 2. The number of nitrogens with one attached hydrogen (secondary N) is 1. The Morgan fingerprint density at radius 3 is 2.70 bits per heavy atom. The van der Waals surface area contributed by atoms with Gasteiger partial charge in [0, 0.05) is 11.3 Å². The molecule has 0 atom stereocenters. The third-order valence-electron chi connectivity index (χ3n) is 2.76. The quantitative estimate of drug-likeness (QED) is 0.632. The number of phenols is 1. The van der Waals surface area contributed by atoms with Crippen molar-refractivity contribution in [2.75, 3.05) is 11.1 Å². The molecule has 20 heavy (non-hydrogen) atoms. The number of nitrogens with two attached hydrogens (primary N) is 1. The van der Waals surface area contributed by atoms with Gasteiger partial charge >= 0.3 is 0 Å². The SMILES string of the molecule is Nc1ccc2nc(NC(=O)c3ccc(O)cc3)sc2c1. The number of carbonyl (C=O) groups is 1. The molecule has 0 fully saturated rings. The Bertz CT molecular complexity index is 781. The minimum absolute atomic E-state index is 0.122. The van der Waals surface area contributed by atoms with Crippen LogP contribution in [0, 0.1) is 0 Å². The second-order valence-electron chi connectivity index (χ2n) is 4.25. The number of fused-ring (bicyclic) bond motifs is 1. The average Bonchev–Trinajstić information content (AvgIpc) is 2.80. The zero-order valence-electron chi connectivity index (χ0n) is 10.3. The van der Waals surface area contributed by atoms with Gasteiger partial charge in [-0.1, -0.05) is 11.3 Å². The van der Waals surface area contributed by atoms with Crippen LogP contribution in [0.1, 0.15) is 10.4 Å². The molecule has 0 aliphatic rings. The van der Waals surface area contributed by atoms with Crippen molar-refractivity contribution in [3.8, 4) is 5.75 Å². The minimum Gasteiger partial charge on any atom is -0.508 e. The lowest BCUT2D eigenvalue weighted by molar-refractivity contribution is 0.102. The molecule has 0 spiro atoms. The molecule has 5 nitrogen and oxygen atoms in total. The summed E-state index contributed by atoms with van der Waals surface area (Å²) in [4.78, 5) is 16.3. The summed E-state index contributed by atoms with van der Waals surface area (Å²) in [6.07, 6.45) is 0. The van der Waals surface area contributed by atoms with Gasteiger partial charge in [-0.3, -0.25) is 10.1 Å². The summed E-state index contributed by atoms with van der Waals surface area (Å²) in [6.45, 7) is 0. The lowest BCUT2D eigenvalue weighted by atomic mass is 10.2. The highest BCUT2D eigenvalue weighted by Crippen LogP contribution is 2.27. The number of aromatic nitrogens is 1. The van der Waals surface area contributed by atoms with Crippen molar-refractivity contribution >= 4 is 38.3 Å². The zero-order chi connectivity index (χ0) is 14.1. The van der Waals surface area contributed by atoms with Crippen molar-refractivity contribution in [2.24, 2.45) is 0 Å². The number of amides is 1.